The fourth-order valence-electron chi connectivity index (χ4n) is 4.90. The number of imidazole rings is 1. The number of rotatable bonds is 16. The molecule has 0 saturated carbocycles. The van der Waals surface area contributed by atoms with E-state index < -0.39 is 24.2 Å². The number of aromatic nitrogens is 4. The minimum absolute atomic E-state index is 0.00907. The lowest BCUT2D eigenvalue weighted by Gasteiger charge is -2.14. The van der Waals surface area contributed by atoms with Crippen molar-refractivity contribution in [2.24, 2.45) is 4.99 Å². The van der Waals surface area contributed by atoms with E-state index in [1.54, 1.807) is 6.92 Å². The van der Waals surface area contributed by atoms with Crippen LogP contribution in [0.25, 0.3) is 11.2 Å². The van der Waals surface area contributed by atoms with Crippen molar-refractivity contribution < 1.29 is 38.1 Å². The fourth-order valence-corrected chi connectivity index (χ4v) is 4.90. The van der Waals surface area contributed by atoms with E-state index in [0.29, 0.717) is 19.4 Å². The zero-order valence-corrected chi connectivity index (χ0v) is 31.1. The molecule has 0 atom stereocenters. The van der Waals surface area contributed by atoms with Gasteiger partial charge in [0, 0.05) is 13.1 Å². The molecular formula is C38H43N11O8. The van der Waals surface area contributed by atoms with Gasteiger partial charge in [0.05, 0.1) is 12.9 Å². The molecule has 0 unspecified atom stereocenters. The Kier molecular flexibility index (Phi) is 15.8. The summed E-state index contributed by atoms with van der Waals surface area (Å²) in [4.78, 5) is 67.4. The van der Waals surface area contributed by atoms with E-state index in [2.05, 4.69) is 52.3 Å². The molecule has 5 aromatic rings. The number of guanidine groups is 1. The number of amides is 3. The quantitative estimate of drug-likeness (QED) is 0.0201. The van der Waals surface area contributed by atoms with Gasteiger partial charge in [-0.1, -0.05) is 91.0 Å². The second kappa shape index (κ2) is 22.1. The van der Waals surface area contributed by atoms with Crippen LogP contribution in [0, 0.1) is 0 Å². The van der Waals surface area contributed by atoms with Crippen molar-refractivity contribution in [3.05, 3.63) is 114 Å². The topological polar surface area (TPSA) is 233 Å². The molecule has 2 heterocycles. The normalized spacial score (nSPS) is 10.4. The van der Waals surface area contributed by atoms with Gasteiger partial charge in [0.1, 0.15) is 26.4 Å². The molecule has 3 amide bonds. The van der Waals surface area contributed by atoms with Crippen molar-refractivity contribution in [1.29, 1.82) is 0 Å². The SMILES string of the molecule is CCOC(=O)Cn1cnc2c(NC(=O)OCc3ccccc3)nc(NCCCCN=C(NNC(=O)OCc3ccccc3)NNC(=O)OCc3ccccc3)nc21. The summed E-state index contributed by atoms with van der Waals surface area (Å²) in [5.74, 6) is -0.228. The van der Waals surface area contributed by atoms with Gasteiger partial charge in [0.15, 0.2) is 17.0 Å². The van der Waals surface area contributed by atoms with Gasteiger partial charge >= 0.3 is 24.2 Å². The zero-order chi connectivity index (χ0) is 40.1. The van der Waals surface area contributed by atoms with Crippen molar-refractivity contribution in [2.75, 3.05) is 30.3 Å². The Bertz CT molecular complexity index is 2020. The van der Waals surface area contributed by atoms with Crippen molar-refractivity contribution >= 4 is 53.1 Å². The third kappa shape index (κ3) is 14.0. The van der Waals surface area contributed by atoms with Gasteiger partial charge in [-0.25, -0.2) is 30.2 Å². The number of hydrazine groups is 2. The number of unbranched alkanes of at least 4 members (excludes halogenated alkanes) is 1. The molecule has 0 saturated heterocycles. The third-order valence-electron chi connectivity index (χ3n) is 7.63. The van der Waals surface area contributed by atoms with Crippen molar-refractivity contribution in [2.45, 2.75) is 46.1 Å². The van der Waals surface area contributed by atoms with Crippen LogP contribution in [0.15, 0.2) is 102 Å². The van der Waals surface area contributed by atoms with Crippen molar-refractivity contribution in [1.82, 2.24) is 41.2 Å². The van der Waals surface area contributed by atoms with E-state index in [1.807, 2.05) is 91.0 Å². The van der Waals surface area contributed by atoms with Gasteiger partial charge in [-0.2, -0.15) is 9.97 Å². The van der Waals surface area contributed by atoms with Crippen LogP contribution in [0.3, 0.4) is 0 Å². The van der Waals surface area contributed by atoms with Gasteiger partial charge in [-0.05, 0) is 36.5 Å². The molecule has 6 N–H and O–H groups in total. The van der Waals surface area contributed by atoms with Crippen LogP contribution in [0.1, 0.15) is 36.5 Å². The summed E-state index contributed by atoms with van der Waals surface area (Å²) in [6.07, 6.45) is 0.218. The number of esters is 1. The number of hydrogen-bond donors (Lipinski definition) is 6. The number of fused-ring (bicyclic) bond motifs is 1. The lowest BCUT2D eigenvalue weighted by Crippen LogP contribution is -2.53. The summed E-state index contributed by atoms with van der Waals surface area (Å²) >= 11 is 0. The van der Waals surface area contributed by atoms with Gasteiger partial charge < -0.3 is 28.8 Å². The highest BCUT2D eigenvalue weighted by molar-refractivity contribution is 5.94. The number of nitrogens with zero attached hydrogens (tertiary/aromatic N) is 5. The molecular weight excluding hydrogens is 738 g/mol. The Morgan fingerprint density at radius 1 is 0.667 bits per heavy atom. The smallest absolute Gasteiger partial charge is 0.426 e. The second-order valence-electron chi connectivity index (χ2n) is 11.9. The molecule has 2 aromatic heterocycles. The van der Waals surface area contributed by atoms with Crippen molar-refractivity contribution in [3.8, 4) is 0 Å². The van der Waals surface area contributed by atoms with E-state index in [0.717, 1.165) is 16.7 Å². The number of anilines is 2. The molecule has 0 aliphatic heterocycles. The van der Waals surface area contributed by atoms with Gasteiger partial charge in [-0.3, -0.25) is 26.0 Å². The van der Waals surface area contributed by atoms with Gasteiger partial charge in [0.2, 0.25) is 11.9 Å². The molecule has 0 radical (unpaired) electrons. The number of ether oxygens (including phenoxy) is 4. The van der Waals surface area contributed by atoms with E-state index in [9.17, 15) is 19.2 Å². The van der Waals surface area contributed by atoms with E-state index in [-0.39, 0.29) is 68.4 Å². The summed E-state index contributed by atoms with van der Waals surface area (Å²) in [6, 6.07) is 27.5. The lowest BCUT2D eigenvalue weighted by atomic mass is 10.2. The monoisotopic (exact) mass is 781 g/mol. The predicted molar refractivity (Wildman–Crippen MR) is 208 cm³/mol. The summed E-state index contributed by atoms with van der Waals surface area (Å²) in [7, 11) is 0. The zero-order valence-electron chi connectivity index (χ0n) is 31.1. The number of aliphatic imine (C=N–C) groups is 1. The number of nitrogens with one attached hydrogen (secondary N) is 6. The first-order valence-corrected chi connectivity index (χ1v) is 18.0. The Labute approximate surface area is 327 Å². The minimum Gasteiger partial charge on any atom is -0.465 e. The van der Waals surface area contributed by atoms with E-state index in [4.69, 9.17) is 18.9 Å². The van der Waals surface area contributed by atoms with Crippen LogP contribution < -0.4 is 32.3 Å². The van der Waals surface area contributed by atoms with E-state index in [1.165, 1.54) is 10.9 Å². The number of hydrogen-bond acceptors (Lipinski definition) is 13. The summed E-state index contributed by atoms with van der Waals surface area (Å²) in [6.45, 7) is 2.54. The molecule has 57 heavy (non-hydrogen) atoms. The number of benzene rings is 3. The van der Waals surface area contributed by atoms with Crippen LogP contribution in [-0.4, -0.2) is 69.4 Å². The Balaban J connectivity index is 1.16. The standard InChI is InChI=1S/C38H43N11O8/c1-2-54-30(50)22-49-26-41-31-32(43-36(51)55-23-27-14-6-3-7-15-27)42-34(44-33(31)49)39-20-12-13-21-40-35(45-47-37(52)56-24-28-16-8-4-9-17-28)46-48-38(53)57-25-29-18-10-5-11-19-29/h3-11,14-19,26H,2,12-13,20-25H2,1H3,(H,47,52)(H,48,53)(H2,40,45,46)(H2,39,42,43,44,51). The van der Waals surface area contributed by atoms with Crippen LogP contribution in [0.4, 0.5) is 26.1 Å². The maximum absolute atomic E-state index is 12.7. The van der Waals surface area contributed by atoms with Crippen molar-refractivity contribution in [3.63, 3.8) is 0 Å². The number of carbonyl (C=O) groups is 4. The summed E-state index contributed by atoms with van der Waals surface area (Å²) < 4.78 is 22.4. The third-order valence-corrected chi connectivity index (χ3v) is 7.63. The largest absolute Gasteiger partial charge is 0.465 e. The van der Waals surface area contributed by atoms with Gasteiger partial charge in [-0.15, -0.1) is 0 Å². The van der Waals surface area contributed by atoms with Crippen LogP contribution in [-0.2, 0) is 50.1 Å². The first kappa shape index (κ1) is 40.7. The molecule has 298 valence electrons. The highest BCUT2D eigenvalue weighted by atomic mass is 16.6. The maximum atomic E-state index is 12.7. The fraction of sp³-hybridized carbons (Fsp3) is 0.263. The van der Waals surface area contributed by atoms with E-state index >= 15 is 0 Å². The molecule has 3 aromatic carbocycles. The highest BCUT2D eigenvalue weighted by Crippen LogP contribution is 2.21. The predicted octanol–water partition coefficient (Wildman–Crippen LogP) is 4.55. The molecule has 0 bridgehead atoms. The van der Waals surface area contributed by atoms with Gasteiger partial charge in [0.25, 0.3) is 0 Å². The molecule has 0 fully saturated rings. The Hall–Kier alpha value is -7.44. The lowest BCUT2D eigenvalue weighted by molar-refractivity contribution is -0.143. The molecule has 19 nitrogen and oxygen atoms in total. The molecule has 19 heteroatoms. The average Bonchev–Trinajstić information content (AvgIpc) is 3.63. The molecule has 5 rings (SSSR count). The summed E-state index contributed by atoms with van der Waals surface area (Å²) in [5.41, 5.74) is 12.9. The van der Waals surface area contributed by atoms with Crippen LogP contribution in [0.5, 0.6) is 0 Å². The van der Waals surface area contributed by atoms with Crippen LogP contribution in [0.2, 0.25) is 0 Å². The molecule has 0 spiro atoms. The highest BCUT2D eigenvalue weighted by Gasteiger charge is 2.18. The van der Waals surface area contributed by atoms with Crippen LogP contribution >= 0.6 is 0 Å². The first-order valence-electron chi connectivity index (χ1n) is 18.0. The Morgan fingerprint density at radius 3 is 1.75 bits per heavy atom. The average molecular weight is 782 g/mol. The molecule has 0 aliphatic carbocycles. The minimum atomic E-state index is -0.775. The Morgan fingerprint density at radius 2 is 1.21 bits per heavy atom. The second-order valence-corrected chi connectivity index (χ2v) is 11.9. The first-order chi connectivity index (χ1) is 27.9. The molecule has 0 aliphatic rings. The number of carbonyl (C=O) groups excluding carboxylic acids is 4. The summed E-state index contributed by atoms with van der Waals surface area (Å²) in [5, 5.41) is 5.76. The maximum Gasteiger partial charge on any atom is 0.426 e.